The number of nitrogens with two attached hydrogens (primary N) is 1. The number of likely N-dealkylation sites (tertiary alicyclic amines) is 1. The molecule has 2 N–H and O–H groups in total. The Morgan fingerprint density at radius 2 is 2.33 bits per heavy atom. The molecule has 0 bridgehead atoms. The van der Waals surface area contributed by atoms with Crippen molar-refractivity contribution in [2.24, 2.45) is 5.92 Å². The van der Waals surface area contributed by atoms with Crippen molar-refractivity contribution in [3.8, 4) is 0 Å². The highest BCUT2D eigenvalue weighted by molar-refractivity contribution is 5.95. The van der Waals surface area contributed by atoms with Crippen molar-refractivity contribution in [1.29, 1.82) is 0 Å². The molecule has 1 saturated heterocycles. The maximum absolute atomic E-state index is 12.5. The van der Waals surface area contributed by atoms with Crippen molar-refractivity contribution >= 4 is 11.6 Å². The molecule has 3 rings (SSSR count). The normalized spacial score (nSPS) is 18.7. The van der Waals surface area contributed by atoms with Gasteiger partial charge in [-0.15, -0.1) is 0 Å². The van der Waals surface area contributed by atoms with E-state index in [4.69, 9.17) is 5.73 Å². The molecule has 21 heavy (non-hydrogen) atoms. The molecular weight excluding hydrogens is 266 g/mol. The number of hydrogen-bond donors (Lipinski definition) is 1. The van der Waals surface area contributed by atoms with Gasteiger partial charge < -0.3 is 10.6 Å². The molecule has 2 aromatic rings. The molecule has 1 aliphatic rings. The van der Waals surface area contributed by atoms with Gasteiger partial charge in [0, 0.05) is 30.9 Å². The monoisotopic (exact) mass is 285 g/mol. The van der Waals surface area contributed by atoms with Crippen LogP contribution in [0.4, 0.5) is 5.69 Å². The zero-order valence-electron chi connectivity index (χ0n) is 11.9. The van der Waals surface area contributed by atoms with Gasteiger partial charge in [-0.25, -0.2) is 4.98 Å². The van der Waals surface area contributed by atoms with Crippen LogP contribution in [0.3, 0.4) is 0 Å². The maximum Gasteiger partial charge on any atom is 0.253 e. The molecule has 1 unspecified atom stereocenters. The first-order chi connectivity index (χ1) is 10.2. The van der Waals surface area contributed by atoms with Crippen LogP contribution in [0.2, 0.25) is 0 Å². The number of aromatic nitrogens is 3. The fraction of sp³-hybridized carbons (Fsp3) is 0.400. The summed E-state index contributed by atoms with van der Waals surface area (Å²) >= 11 is 0. The van der Waals surface area contributed by atoms with E-state index in [-0.39, 0.29) is 5.91 Å². The van der Waals surface area contributed by atoms with Gasteiger partial charge in [-0.2, -0.15) is 5.10 Å². The number of anilines is 1. The van der Waals surface area contributed by atoms with Crippen LogP contribution in [0.25, 0.3) is 0 Å². The topological polar surface area (TPSA) is 77.0 Å². The molecular formula is C15H19N5O. The Balaban J connectivity index is 1.66. The van der Waals surface area contributed by atoms with Crippen LogP contribution in [-0.4, -0.2) is 38.7 Å². The molecule has 6 nitrogen and oxygen atoms in total. The van der Waals surface area contributed by atoms with Gasteiger partial charge in [0.2, 0.25) is 0 Å². The maximum atomic E-state index is 12.5. The summed E-state index contributed by atoms with van der Waals surface area (Å²) in [5, 5.41) is 4.14. The van der Waals surface area contributed by atoms with Crippen LogP contribution >= 0.6 is 0 Å². The molecule has 1 aliphatic heterocycles. The van der Waals surface area contributed by atoms with Gasteiger partial charge in [-0.1, -0.05) is 6.07 Å². The van der Waals surface area contributed by atoms with Crippen LogP contribution < -0.4 is 5.73 Å². The zero-order chi connectivity index (χ0) is 14.7. The number of hydrogen-bond acceptors (Lipinski definition) is 4. The van der Waals surface area contributed by atoms with E-state index in [9.17, 15) is 4.79 Å². The average Bonchev–Trinajstić information content (AvgIpc) is 3.00. The fourth-order valence-electron chi connectivity index (χ4n) is 2.84. The third-order valence-electron chi connectivity index (χ3n) is 3.85. The van der Waals surface area contributed by atoms with E-state index in [0.29, 0.717) is 17.2 Å². The molecule has 110 valence electrons. The van der Waals surface area contributed by atoms with Gasteiger partial charge in [-0.3, -0.25) is 9.48 Å². The Morgan fingerprint density at radius 1 is 1.43 bits per heavy atom. The van der Waals surface area contributed by atoms with Crippen LogP contribution in [-0.2, 0) is 6.54 Å². The summed E-state index contributed by atoms with van der Waals surface area (Å²) < 4.78 is 1.83. The predicted molar refractivity (Wildman–Crippen MR) is 79.5 cm³/mol. The minimum absolute atomic E-state index is 0.0607. The standard InChI is InChI=1S/C15H19N5O/c16-14-5-1-4-13(7-14)15(21)19-6-2-3-12(8-19)9-20-11-17-10-18-20/h1,4-5,7,10-12H,2-3,6,8-9,16H2. The van der Waals surface area contributed by atoms with Crippen LogP contribution in [0.15, 0.2) is 36.9 Å². The summed E-state index contributed by atoms with van der Waals surface area (Å²) in [6, 6.07) is 7.17. The average molecular weight is 285 g/mol. The predicted octanol–water partition coefficient (Wildman–Crippen LogP) is 1.41. The molecule has 1 atom stereocenters. The molecule has 1 aromatic heterocycles. The lowest BCUT2D eigenvalue weighted by Crippen LogP contribution is -2.41. The third kappa shape index (κ3) is 3.21. The number of carbonyl (C=O) groups excluding carboxylic acids is 1. The summed E-state index contributed by atoms with van der Waals surface area (Å²) in [6.07, 6.45) is 5.39. The molecule has 0 spiro atoms. The summed E-state index contributed by atoms with van der Waals surface area (Å²) in [4.78, 5) is 18.4. The highest BCUT2D eigenvalue weighted by atomic mass is 16.2. The van der Waals surface area contributed by atoms with Crippen molar-refractivity contribution in [2.45, 2.75) is 19.4 Å². The lowest BCUT2D eigenvalue weighted by Gasteiger charge is -2.32. The Hall–Kier alpha value is -2.37. The van der Waals surface area contributed by atoms with Crippen molar-refractivity contribution in [3.63, 3.8) is 0 Å². The number of amides is 1. The van der Waals surface area contributed by atoms with Crippen molar-refractivity contribution in [3.05, 3.63) is 42.5 Å². The SMILES string of the molecule is Nc1cccc(C(=O)N2CCCC(Cn3cncn3)C2)c1. The number of rotatable bonds is 3. The van der Waals surface area contributed by atoms with E-state index in [1.807, 2.05) is 21.7 Å². The first kappa shape index (κ1) is 13.6. The van der Waals surface area contributed by atoms with Gasteiger partial charge in [0.15, 0.2) is 0 Å². The molecule has 2 heterocycles. The van der Waals surface area contributed by atoms with Crippen molar-refractivity contribution in [2.75, 3.05) is 18.8 Å². The molecule has 0 radical (unpaired) electrons. The quantitative estimate of drug-likeness (QED) is 0.865. The number of carbonyl (C=O) groups is 1. The van der Waals surface area contributed by atoms with E-state index < -0.39 is 0 Å². The molecule has 6 heteroatoms. The Kier molecular flexibility index (Phi) is 3.85. The van der Waals surface area contributed by atoms with Gasteiger partial charge in [0.05, 0.1) is 0 Å². The van der Waals surface area contributed by atoms with E-state index in [0.717, 1.165) is 32.5 Å². The number of piperidine rings is 1. The lowest BCUT2D eigenvalue weighted by molar-refractivity contribution is 0.0659. The second kappa shape index (κ2) is 5.95. The van der Waals surface area contributed by atoms with E-state index in [2.05, 4.69) is 10.1 Å². The summed E-state index contributed by atoms with van der Waals surface area (Å²) in [6.45, 7) is 2.37. The summed E-state index contributed by atoms with van der Waals surface area (Å²) in [5.41, 5.74) is 7.04. The minimum atomic E-state index is 0.0607. The van der Waals surface area contributed by atoms with Gasteiger partial charge in [-0.05, 0) is 37.0 Å². The lowest BCUT2D eigenvalue weighted by atomic mass is 9.97. The summed E-state index contributed by atoms with van der Waals surface area (Å²) in [7, 11) is 0. The van der Waals surface area contributed by atoms with Crippen molar-refractivity contribution in [1.82, 2.24) is 19.7 Å². The Morgan fingerprint density at radius 3 is 3.10 bits per heavy atom. The molecule has 1 amide bonds. The fourth-order valence-corrected chi connectivity index (χ4v) is 2.84. The first-order valence-electron chi connectivity index (χ1n) is 7.19. The minimum Gasteiger partial charge on any atom is -0.399 e. The molecule has 1 fully saturated rings. The molecule has 0 aliphatic carbocycles. The van der Waals surface area contributed by atoms with E-state index in [1.165, 1.54) is 0 Å². The molecule has 0 saturated carbocycles. The Labute approximate surface area is 123 Å². The van der Waals surface area contributed by atoms with Gasteiger partial charge in [0.25, 0.3) is 5.91 Å². The van der Waals surface area contributed by atoms with E-state index >= 15 is 0 Å². The number of nitrogens with zero attached hydrogens (tertiary/aromatic N) is 4. The molecule has 1 aromatic carbocycles. The zero-order valence-corrected chi connectivity index (χ0v) is 11.9. The highest BCUT2D eigenvalue weighted by Gasteiger charge is 2.24. The third-order valence-corrected chi connectivity index (χ3v) is 3.85. The second-order valence-corrected chi connectivity index (χ2v) is 5.50. The first-order valence-corrected chi connectivity index (χ1v) is 7.19. The summed E-state index contributed by atoms with van der Waals surface area (Å²) in [5.74, 6) is 0.482. The number of nitrogen functional groups attached to an aromatic ring is 1. The van der Waals surface area contributed by atoms with E-state index in [1.54, 1.807) is 24.8 Å². The number of benzene rings is 1. The van der Waals surface area contributed by atoms with Gasteiger partial charge in [0.1, 0.15) is 12.7 Å². The largest absolute Gasteiger partial charge is 0.399 e. The van der Waals surface area contributed by atoms with Gasteiger partial charge >= 0.3 is 0 Å². The van der Waals surface area contributed by atoms with Crippen molar-refractivity contribution < 1.29 is 4.79 Å². The highest BCUT2D eigenvalue weighted by Crippen LogP contribution is 2.20. The van der Waals surface area contributed by atoms with Crippen LogP contribution in [0.5, 0.6) is 0 Å². The van der Waals surface area contributed by atoms with Crippen LogP contribution in [0, 0.1) is 5.92 Å². The van der Waals surface area contributed by atoms with Crippen LogP contribution in [0.1, 0.15) is 23.2 Å². The second-order valence-electron chi connectivity index (χ2n) is 5.50. The smallest absolute Gasteiger partial charge is 0.253 e. The Bertz CT molecular complexity index is 610.